The van der Waals surface area contributed by atoms with Gasteiger partial charge in [-0.15, -0.1) is 12.4 Å². The SMILES string of the molecule is C.COC(=[NH2+])C1CC2C=CC1C2.COC(OC)(OC)C1CC2C=CC1C2.Cl.N#CC1CC2C=CC1C2.N=C(Cl)C1CC2C=CC1C2.O.[CH3+].[Cl-].[ClH2+].[NH2-]. The molecule has 0 aromatic rings. The molecule has 0 aromatic heterocycles. The molecule has 13 heteroatoms. The van der Waals surface area contributed by atoms with Crippen molar-refractivity contribution in [2.45, 2.75) is 64.8 Å². The Morgan fingerprint density at radius 3 is 1.35 bits per heavy atom. The van der Waals surface area contributed by atoms with Crippen LogP contribution in [0.5, 0.6) is 0 Å². The van der Waals surface area contributed by atoms with Gasteiger partial charge in [-0.1, -0.05) is 67.6 Å². The molecule has 8 rings (SSSR count). The first-order valence-electron chi connectivity index (χ1n) is 16.4. The number of ether oxygens (including phenoxy) is 4. The van der Waals surface area contributed by atoms with Crippen LogP contribution in [0.1, 0.15) is 58.8 Å². The maximum atomic E-state index is 8.60. The monoisotopic (exact) mass is 797 g/mol. The van der Waals surface area contributed by atoms with Crippen LogP contribution in [-0.4, -0.2) is 51.0 Å². The molecule has 294 valence electrons. The zero-order chi connectivity index (χ0) is 31.4. The number of rotatable bonds is 6. The van der Waals surface area contributed by atoms with E-state index in [1.807, 2.05) is 0 Å². The van der Waals surface area contributed by atoms with Crippen LogP contribution in [0.2, 0.25) is 0 Å². The third-order valence-corrected chi connectivity index (χ3v) is 11.8. The standard InChI is InChI=1S/C11H18O3.C9H13NO.C8H10ClN.C8H9N.CH4.CH3.ClH2.2ClH.H2N.H2O/c1-12-11(13-2,14-3)10-7-8-4-5-9(10)6-8;1-11-9(10)8-5-6-2-3-7(8)4-6;9-8(10)7-4-5-1-2-6(7)3-5;9-5-8-4-6-1-2-7(8)3-6;;;;;;;/h4-5,8-10H,6-7H2,1-3H3;2-3,6-8,10H,4-5H2,1H3;1-2,5-7,10H,3-4H2;1-2,6-8H,3-4H2;1H4;1H3;1H2;2*1H;2*1H2/q;;;;;2*+1;;;-1;. The normalized spacial score (nSPS) is 34.7. The van der Waals surface area contributed by atoms with E-state index in [1.54, 1.807) is 28.4 Å². The summed E-state index contributed by atoms with van der Waals surface area (Å²) < 4.78 is 21.2. The van der Waals surface area contributed by atoms with Crippen LogP contribution in [0.25, 0.3) is 6.15 Å². The van der Waals surface area contributed by atoms with Gasteiger partial charge in [0.05, 0.1) is 37.4 Å². The van der Waals surface area contributed by atoms with Gasteiger partial charge in [-0.3, -0.25) is 5.41 Å². The Hall–Kier alpha value is -1.58. The summed E-state index contributed by atoms with van der Waals surface area (Å²) in [5.41, 5.74) is 0. The molecular weight excluding hydrogens is 734 g/mol. The van der Waals surface area contributed by atoms with E-state index in [2.05, 4.69) is 54.7 Å². The molecule has 0 amide bonds. The van der Waals surface area contributed by atoms with Gasteiger partial charge in [0.15, 0.2) is 0 Å². The predicted molar refractivity (Wildman–Crippen MR) is 204 cm³/mol. The number of methoxy groups -OCH3 is 4. The highest BCUT2D eigenvalue weighted by molar-refractivity contribution is 6.65. The lowest BCUT2D eigenvalue weighted by atomic mass is 9.91. The van der Waals surface area contributed by atoms with Gasteiger partial charge in [-0.05, 0) is 98.7 Å². The van der Waals surface area contributed by atoms with Crippen LogP contribution in [-0.2, 0) is 18.9 Å². The number of nitrogens with one attached hydrogen (secondary N) is 1. The van der Waals surface area contributed by atoms with Crippen molar-refractivity contribution in [3.05, 3.63) is 62.2 Å². The van der Waals surface area contributed by atoms with Crippen LogP contribution < -0.4 is 17.8 Å². The molecule has 0 aliphatic heterocycles. The molecule has 12 atom stereocenters. The largest absolute Gasteiger partial charge is 1.00 e. The van der Waals surface area contributed by atoms with Crippen LogP contribution in [0, 0.1) is 108 Å². The van der Waals surface area contributed by atoms with Gasteiger partial charge < -0.3 is 43.0 Å². The van der Waals surface area contributed by atoms with Crippen molar-refractivity contribution in [3.8, 4) is 6.07 Å². The Kier molecular flexibility index (Phi) is 25.3. The summed E-state index contributed by atoms with van der Waals surface area (Å²) in [6.45, 7) is 0. The molecule has 8 aliphatic rings. The molecule has 7 N–H and O–H groups in total. The highest BCUT2D eigenvalue weighted by Crippen LogP contribution is 2.50. The lowest BCUT2D eigenvalue weighted by Crippen LogP contribution is -3.00. The quantitative estimate of drug-likeness (QED) is 0.137. The Bertz CT molecular complexity index is 1210. The molecule has 51 heavy (non-hydrogen) atoms. The van der Waals surface area contributed by atoms with Crippen molar-refractivity contribution in [2.24, 2.45) is 71.0 Å². The first-order chi connectivity index (χ1) is 21.2. The molecule has 0 aromatic carbocycles. The van der Waals surface area contributed by atoms with Crippen molar-refractivity contribution in [1.82, 2.24) is 0 Å². The molecule has 0 radical (unpaired) electrons. The number of fused-ring (bicyclic) bond motifs is 8. The van der Waals surface area contributed by atoms with E-state index >= 15 is 0 Å². The molecule has 0 saturated heterocycles. The molecule has 12 unspecified atom stereocenters. The smallest absolute Gasteiger partial charge is 0.336 e. The van der Waals surface area contributed by atoms with Crippen molar-refractivity contribution < 1.29 is 54.6 Å². The minimum atomic E-state index is -0.843. The van der Waals surface area contributed by atoms with Gasteiger partial charge in [-0.2, -0.15) is 5.26 Å². The Balaban J connectivity index is -0.000000582. The lowest BCUT2D eigenvalue weighted by Gasteiger charge is -2.37. The van der Waals surface area contributed by atoms with E-state index in [4.69, 9.17) is 46.6 Å². The zero-order valence-electron chi connectivity index (χ0n) is 30.1. The van der Waals surface area contributed by atoms with Crippen LogP contribution >= 0.6 is 24.0 Å². The van der Waals surface area contributed by atoms with E-state index < -0.39 is 5.97 Å². The average molecular weight is 800 g/mol. The number of nitrogens with zero attached hydrogens (tertiary/aromatic N) is 1. The molecular formula is C38H65Cl4N4O5+. The van der Waals surface area contributed by atoms with E-state index in [0.29, 0.717) is 58.4 Å². The number of nitriles is 1. The summed E-state index contributed by atoms with van der Waals surface area (Å²) in [6, 6.07) is 2.34. The molecule has 8 bridgehead atoms. The fourth-order valence-electron chi connectivity index (χ4n) is 9.15. The number of allylic oxidation sites excluding steroid dienone is 8. The number of hydrogen-bond acceptors (Lipinski definition) is 6. The molecule has 4 saturated carbocycles. The minimum Gasteiger partial charge on any atom is -1.00 e. The van der Waals surface area contributed by atoms with Crippen LogP contribution in [0.4, 0.5) is 0 Å². The van der Waals surface area contributed by atoms with Crippen molar-refractivity contribution in [1.29, 1.82) is 10.7 Å². The first-order valence-corrected chi connectivity index (χ1v) is 16.8. The maximum absolute atomic E-state index is 8.60. The molecule has 4 fully saturated rings. The van der Waals surface area contributed by atoms with Crippen LogP contribution in [0.15, 0.2) is 48.6 Å². The third-order valence-electron chi connectivity index (χ3n) is 11.5. The second kappa shape index (κ2) is 24.0. The number of hydrogen-bond donors (Lipinski definition) is 2. The Labute approximate surface area is 331 Å². The lowest BCUT2D eigenvalue weighted by molar-refractivity contribution is -0.381. The molecule has 0 heterocycles. The summed E-state index contributed by atoms with van der Waals surface area (Å²) in [5, 5.41) is 22.0. The topological polar surface area (TPSA) is 175 Å². The fourth-order valence-corrected chi connectivity index (χ4v) is 9.40. The van der Waals surface area contributed by atoms with Crippen molar-refractivity contribution in [3.63, 3.8) is 0 Å². The van der Waals surface area contributed by atoms with Crippen molar-refractivity contribution >= 4 is 35.1 Å². The van der Waals surface area contributed by atoms with Crippen molar-refractivity contribution in [2.75, 3.05) is 28.4 Å². The van der Waals surface area contributed by atoms with Gasteiger partial charge >= 0.3 is 5.90 Å². The number of halogens is 4. The molecule has 0 spiro atoms. The Morgan fingerprint density at radius 2 is 1.12 bits per heavy atom. The summed E-state index contributed by atoms with van der Waals surface area (Å²) in [6.07, 6.45) is 27.7. The summed E-state index contributed by atoms with van der Waals surface area (Å²) >= 11 is 5.63. The van der Waals surface area contributed by atoms with Gasteiger partial charge in [0.25, 0.3) is 5.97 Å². The van der Waals surface area contributed by atoms with E-state index in [9.17, 15) is 0 Å². The predicted octanol–water partition coefficient (Wildman–Crippen LogP) is 3.80. The second-order valence-electron chi connectivity index (χ2n) is 13.8. The van der Waals surface area contributed by atoms with E-state index in [0.717, 1.165) is 42.9 Å². The van der Waals surface area contributed by atoms with Gasteiger partial charge in [0, 0.05) is 40.6 Å². The van der Waals surface area contributed by atoms with E-state index in [-0.39, 0.29) is 63.7 Å². The average Bonchev–Trinajstić information content (AvgIpc) is 3.92. The van der Waals surface area contributed by atoms with Gasteiger partial charge in [0.1, 0.15) is 5.17 Å². The highest BCUT2D eigenvalue weighted by atomic mass is 35.5. The van der Waals surface area contributed by atoms with Crippen LogP contribution in [0.3, 0.4) is 0 Å². The summed E-state index contributed by atoms with van der Waals surface area (Å²) in [5.74, 6) is 6.79. The fraction of sp³-hybridized carbons (Fsp3) is 0.684. The maximum Gasteiger partial charge on any atom is 0.336 e. The van der Waals surface area contributed by atoms with E-state index in [1.165, 1.54) is 32.1 Å². The number of nitrogens with two attached hydrogens (primary N) is 2. The summed E-state index contributed by atoms with van der Waals surface area (Å²) in [7, 11) is 6.58. The van der Waals surface area contributed by atoms with Gasteiger partial charge in [-0.25, -0.2) is 5.41 Å². The zero-order valence-corrected chi connectivity index (χ0v) is 33.3. The minimum absolute atomic E-state index is 0. The molecule has 9 nitrogen and oxygen atoms in total. The Morgan fingerprint density at radius 1 is 0.725 bits per heavy atom. The highest BCUT2D eigenvalue weighted by Gasteiger charge is 2.50. The van der Waals surface area contributed by atoms with Gasteiger partial charge in [0.2, 0.25) is 0 Å². The first kappa shape index (κ1) is 53.8. The third kappa shape index (κ3) is 12.0. The second-order valence-corrected chi connectivity index (χ2v) is 14.3. The summed E-state index contributed by atoms with van der Waals surface area (Å²) in [4.78, 5) is 0. The molecule has 8 aliphatic carbocycles.